The molecule has 11 nitrogen and oxygen atoms in total. The molecular weight excluding hydrogens is 518 g/mol. The van der Waals surface area contributed by atoms with Gasteiger partial charge in [-0.2, -0.15) is 9.61 Å². The number of aromatic nitrogens is 4. The molecule has 194 valence electrons. The van der Waals surface area contributed by atoms with Crippen LogP contribution in [0.4, 0.5) is 11.6 Å². The highest BCUT2D eigenvalue weighted by molar-refractivity contribution is 8.13. The number of pyridine rings is 1. The molecule has 0 aliphatic rings. The topological polar surface area (TPSA) is 144 Å². The third kappa shape index (κ3) is 6.53. The molecule has 1 aromatic carbocycles. The van der Waals surface area contributed by atoms with Gasteiger partial charge in [-0.15, -0.1) is 0 Å². The number of amides is 1. The molecule has 1 amide bonds. The van der Waals surface area contributed by atoms with Gasteiger partial charge in [0.25, 0.3) is 15.0 Å². The van der Waals surface area contributed by atoms with Gasteiger partial charge < -0.3 is 21.1 Å². The molecule has 37 heavy (non-hydrogen) atoms. The number of aryl methyl sites for hydroxylation is 1. The van der Waals surface area contributed by atoms with Crippen LogP contribution in [0.2, 0.25) is 0 Å². The summed E-state index contributed by atoms with van der Waals surface area (Å²) in [5.41, 5.74) is 2.98. The van der Waals surface area contributed by atoms with Crippen LogP contribution < -0.4 is 25.6 Å². The molecule has 4 aromatic rings. The van der Waals surface area contributed by atoms with Gasteiger partial charge in [0.1, 0.15) is 11.6 Å². The minimum absolute atomic E-state index is 0.0681. The number of hydrogen-bond donors (Lipinski definition) is 3. The molecule has 3 N–H and O–H groups in total. The van der Waals surface area contributed by atoms with Crippen molar-refractivity contribution in [1.82, 2.24) is 19.9 Å². The maximum atomic E-state index is 12.4. The highest BCUT2D eigenvalue weighted by Gasteiger charge is 2.13. The minimum atomic E-state index is -3.84. The maximum Gasteiger partial charge on any atom is 0.261 e. The van der Waals surface area contributed by atoms with Crippen LogP contribution in [0.3, 0.4) is 0 Å². The number of rotatable bonds is 11. The van der Waals surface area contributed by atoms with E-state index in [0.29, 0.717) is 31.0 Å². The second-order valence-electron chi connectivity index (χ2n) is 8.14. The van der Waals surface area contributed by atoms with Gasteiger partial charge in [0.2, 0.25) is 0 Å². The van der Waals surface area contributed by atoms with Crippen LogP contribution in [0.25, 0.3) is 5.65 Å². The summed E-state index contributed by atoms with van der Waals surface area (Å²) in [7, 11) is 1.47. The molecule has 0 aliphatic carbocycles. The summed E-state index contributed by atoms with van der Waals surface area (Å²) in [6, 6.07) is 11.0. The summed E-state index contributed by atoms with van der Waals surface area (Å²) in [5.74, 6) is 0.996. The smallest absolute Gasteiger partial charge is 0.261 e. The van der Waals surface area contributed by atoms with Crippen LogP contribution in [-0.4, -0.2) is 42.0 Å². The quantitative estimate of drug-likeness (QED) is 0.146. The fraction of sp³-hybridized carbons (Fsp3) is 0.250. The number of fused-ring (bicyclic) bond motifs is 1. The molecule has 3 aromatic heterocycles. The lowest BCUT2D eigenvalue weighted by molar-refractivity contribution is -0.815. The molecule has 0 spiro atoms. The van der Waals surface area contributed by atoms with Gasteiger partial charge in [0.05, 0.1) is 17.8 Å². The number of halogens is 1. The van der Waals surface area contributed by atoms with Crippen LogP contribution in [0.1, 0.15) is 28.4 Å². The molecule has 0 unspecified atom stereocenters. The van der Waals surface area contributed by atoms with Crippen molar-refractivity contribution in [2.45, 2.75) is 31.5 Å². The molecule has 0 fully saturated rings. The molecular formula is C24H26ClN7O4S. The molecule has 13 heteroatoms. The Morgan fingerprint density at radius 1 is 1.16 bits per heavy atom. The van der Waals surface area contributed by atoms with Gasteiger partial charge in [-0.1, -0.05) is 6.92 Å². The van der Waals surface area contributed by atoms with E-state index in [1.54, 1.807) is 27.7 Å². The number of carbonyl (C=O) groups excluding carboxylic acids is 1. The van der Waals surface area contributed by atoms with Crippen molar-refractivity contribution >= 4 is 42.9 Å². The molecule has 0 bridgehead atoms. The molecule has 0 saturated carbocycles. The first kappa shape index (κ1) is 26.3. The van der Waals surface area contributed by atoms with Gasteiger partial charge in [0.15, 0.2) is 18.0 Å². The molecule has 3 heterocycles. The highest BCUT2D eigenvalue weighted by Crippen LogP contribution is 2.20. The maximum absolute atomic E-state index is 12.4. The number of nitrogens with zero attached hydrogens (tertiary/aromatic N) is 4. The first-order chi connectivity index (χ1) is 17.8. The number of nitrogens with one attached hydrogen (secondary N) is 3. The molecule has 0 radical (unpaired) electrons. The predicted octanol–water partition coefficient (Wildman–Crippen LogP) is 1.28. The lowest BCUT2D eigenvalue weighted by atomic mass is 10.2. The Morgan fingerprint density at radius 2 is 1.95 bits per heavy atom. The van der Waals surface area contributed by atoms with Crippen LogP contribution >= 0.6 is 10.7 Å². The van der Waals surface area contributed by atoms with Gasteiger partial charge in [-0.05, 0) is 36.8 Å². The number of anilines is 2. The van der Waals surface area contributed by atoms with E-state index in [0.717, 1.165) is 29.0 Å². The number of benzene rings is 1. The SMILES string of the molecule is CCc1cnn2c(NCc3ccc[n+](C[O-])c3)cc(NCCNC(=O)c3ccc(S(=O)(=O)Cl)cc3)nc12. The Hall–Kier alpha value is -3.74. The van der Waals surface area contributed by atoms with Crippen molar-refractivity contribution in [3.8, 4) is 0 Å². The van der Waals surface area contributed by atoms with Crippen molar-refractivity contribution in [3.05, 3.63) is 77.7 Å². The lowest BCUT2D eigenvalue weighted by Gasteiger charge is -2.13. The first-order valence-electron chi connectivity index (χ1n) is 11.5. The van der Waals surface area contributed by atoms with Crippen molar-refractivity contribution in [2.24, 2.45) is 0 Å². The normalized spacial score (nSPS) is 11.4. The largest absolute Gasteiger partial charge is 0.801 e. The van der Waals surface area contributed by atoms with Gasteiger partial charge in [-0.25, -0.2) is 18.0 Å². The van der Waals surface area contributed by atoms with Gasteiger partial charge in [-0.3, -0.25) is 4.79 Å². The summed E-state index contributed by atoms with van der Waals surface area (Å²) < 4.78 is 26.0. The van der Waals surface area contributed by atoms with Crippen LogP contribution in [0.15, 0.2) is 66.0 Å². The van der Waals surface area contributed by atoms with E-state index < -0.39 is 9.05 Å². The highest BCUT2D eigenvalue weighted by atomic mass is 35.7. The molecule has 0 aliphatic heterocycles. The van der Waals surface area contributed by atoms with E-state index in [9.17, 15) is 18.3 Å². The zero-order valence-corrected chi connectivity index (χ0v) is 21.6. The molecule has 0 saturated heterocycles. The Balaban J connectivity index is 1.41. The Labute approximate surface area is 218 Å². The standard InChI is InChI=1S/C24H26ClN7O4S/c1-2-18-14-29-32-22(28-13-17-4-3-11-31(15-17)16-33)12-21(30-23(18)32)26-9-10-27-24(34)19-5-7-20(8-6-19)37(25,35)36/h3-8,11-12,14-15,28H,2,9-10,13,16H2,1H3,(H,26,30)(H,27,34). The fourth-order valence-corrected chi connectivity index (χ4v) is 4.44. The third-order valence-corrected chi connectivity index (χ3v) is 6.95. The second kappa shape index (κ2) is 11.5. The summed E-state index contributed by atoms with van der Waals surface area (Å²) in [4.78, 5) is 17.0. The van der Waals surface area contributed by atoms with E-state index in [1.165, 1.54) is 24.3 Å². The Bertz CT molecular complexity index is 1510. The summed E-state index contributed by atoms with van der Waals surface area (Å²) >= 11 is 0. The number of hydrogen-bond acceptors (Lipinski definition) is 8. The zero-order chi connectivity index (χ0) is 26.4. The van der Waals surface area contributed by atoms with Crippen molar-refractivity contribution in [3.63, 3.8) is 0 Å². The fourth-order valence-electron chi connectivity index (χ4n) is 3.67. The average Bonchev–Trinajstić information content (AvgIpc) is 3.32. The van der Waals surface area contributed by atoms with Gasteiger partial charge in [0, 0.05) is 59.1 Å². The Kier molecular flexibility index (Phi) is 8.21. The van der Waals surface area contributed by atoms with Gasteiger partial charge >= 0.3 is 0 Å². The van der Waals surface area contributed by atoms with E-state index in [-0.39, 0.29) is 17.5 Å². The molecule has 4 rings (SSSR count). The third-order valence-electron chi connectivity index (χ3n) is 5.58. The van der Waals surface area contributed by atoms with E-state index in [4.69, 9.17) is 10.7 Å². The number of carbonyl (C=O) groups is 1. The molecule has 0 atom stereocenters. The summed E-state index contributed by atoms with van der Waals surface area (Å²) in [5, 5.41) is 25.0. The van der Waals surface area contributed by atoms with Crippen LogP contribution in [-0.2, 0) is 28.7 Å². The monoisotopic (exact) mass is 543 g/mol. The average molecular weight is 544 g/mol. The van der Waals surface area contributed by atoms with Crippen LogP contribution in [0, 0.1) is 0 Å². The van der Waals surface area contributed by atoms with Crippen molar-refractivity contribution in [2.75, 3.05) is 23.7 Å². The first-order valence-corrected chi connectivity index (χ1v) is 13.8. The van der Waals surface area contributed by atoms with Crippen LogP contribution in [0.5, 0.6) is 0 Å². The lowest BCUT2D eigenvalue weighted by Crippen LogP contribution is -2.40. The van der Waals surface area contributed by atoms with E-state index in [2.05, 4.69) is 26.0 Å². The van der Waals surface area contributed by atoms with Crippen molar-refractivity contribution in [1.29, 1.82) is 0 Å². The Morgan fingerprint density at radius 3 is 2.65 bits per heavy atom. The summed E-state index contributed by atoms with van der Waals surface area (Å²) in [6.07, 6.45) is 6.07. The summed E-state index contributed by atoms with van der Waals surface area (Å²) in [6.45, 7) is 2.88. The second-order valence-corrected chi connectivity index (χ2v) is 10.7. The van der Waals surface area contributed by atoms with E-state index in [1.807, 2.05) is 25.1 Å². The zero-order valence-electron chi connectivity index (χ0n) is 20.0. The predicted molar refractivity (Wildman–Crippen MR) is 137 cm³/mol. The van der Waals surface area contributed by atoms with E-state index >= 15 is 0 Å². The van der Waals surface area contributed by atoms with Crippen molar-refractivity contribution < 1.29 is 22.9 Å². The minimum Gasteiger partial charge on any atom is -0.801 e.